The van der Waals surface area contributed by atoms with Crippen LogP contribution in [0, 0.1) is 0 Å². The van der Waals surface area contributed by atoms with Crippen molar-refractivity contribution in [1.82, 2.24) is 15.5 Å². The minimum absolute atomic E-state index is 0.206. The molecule has 0 spiro atoms. The number of amides is 1. The lowest BCUT2D eigenvalue weighted by Gasteiger charge is -2.30. The molecule has 0 aromatic heterocycles. The Kier molecular flexibility index (Phi) is 6.96. The number of nitrogens with zero attached hydrogens (tertiary/aromatic N) is 2. The molecule has 0 fully saturated rings. The first-order valence-corrected chi connectivity index (χ1v) is 8.25. The molecule has 3 N–H and O–H groups in total. The van der Waals surface area contributed by atoms with E-state index in [4.69, 9.17) is 0 Å². The van der Waals surface area contributed by atoms with Crippen LogP contribution < -0.4 is 10.6 Å². The minimum atomic E-state index is -0.611. The van der Waals surface area contributed by atoms with Crippen LogP contribution in [-0.2, 0) is 17.8 Å². The fraction of sp³-hybridized carbons (Fsp3) is 0.444. The molecule has 1 amide bonds. The summed E-state index contributed by atoms with van der Waals surface area (Å²) in [7, 11) is 1.71. The fourth-order valence-corrected chi connectivity index (χ4v) is 2.81. The van der Waals surface area contributed by atoms with E-state index < -0.39 is 6.10 Å². The molecule has 1 aliphatic heterocycles. The highest BCUT2D eigenvalue weighted by molar-refractivity contribution is 5.94. The molecular formula is C18H26N4O2. The van der Waals surface area contributed by atoms with Gasteiger partial charge in [-0.05, 0) is 24.5 Å². The van der Waals surface area contributed by atoms with Crippen LogP contribution in [0.4, 0.5) is 0 Å². The monoisotopic (exact) mass is 330 g/mol. The maximum absolute atomic E-state index is 12.0. The number of aliphatic imine (C=N–C) groups is 1. The maximum atomic E-state index is 12.0. The lowest BCUT2D eigenvalue weighted by Crippen LogP contribution is -2.42. The van der Waals surface area contributed by atoms with E-state index >= 15 is 0 Å². The number of β-amino-alcohol motifs (C(OH)–C–C–N with tert-alkyl or cyclic N) is 1. The fourth-order valence-electron chi connectivity index (χ4n) is 2.81. The van der Waals surface area contributed by atoms with E-state index in [0.29, 0.717) is 12.2 Å². The Labute approximate surface area is 143 Å². The number of aliphatic hydroxyl groups is 1. The van der Waals surface area contributed by atoms with Gasteiger partial charge in [0.05, 0.1) is 6.10 Å². The Hall–Kier alpha value is -2.18. The molecule has 0 saturated heterocycles. The third kappa shape index (κ3) is 5.18. The lowest BCUT2D eigenvalue weighted by molar-refractivity contribution is -0.118. The standard InChI is InChI=1S/C18H26N4O2/c1-3-20-17(11-19-2)18(24)21-10-16(23)13-22-9-8-14-6-4-5-7-15(14)12-22/h3-7,11,16,19,23H,8-10,12-13H2,1-2H3,(H,21,24)/b17-11-,20-3-/t16-/m1/s1. The number of aliphatic hydroxyl groups excluding tert-OH is 1. The van der Waals surface area contributed by atoms with Crippen LogP contribution in [0.15, 0.2) is 41.2 Å². The van der Waals surface area contributed by atoms with Crippen molar-refractivity contribution in [1.29, 1.82) is 0 Å². The summed E-state index contributed by atoms with van der Waals surface area (Å²) in [6.45, 7) is 4.26. The van der Waals surface area contributed by atoms with Gasteiger partial charge >= 0.3 is 0 Å². The van der Waals surface area contributed by atoms with E-state index in [0.717, 1.165) is 19.5 Å². The second-order valence-electron chi connectivity index (χ2n) is 5.82. The van der Waals surface area contributed by atoms with Gasteiger partial charge in [0.1, 0.15) is 5.70 Å². The first kappa shape index (κ1) is 18.2. The summed E-state index contributed by atoms with van der Waals surface area (Å²) < 4.78 is 0. The molecule has 0 bridgehead atoms. The second-order valence-corrected chi connectivity index (χ2v) is 5.82. The topological polar surface area (TPSA) is 77.0 Å². The molecule has 6 heteroatoms. The van der Waals surface area contributed by atoms with Crippen LogP contribution >= 0.6 is 0 Å². The molecule has 1 aliphatic rings. The SMILES string of the molecule is C/C=N\C(=C/NC)C(=O)NC[C@@H](O)CN1CCc2ccccc2C1. The van der Waals surface area contributed by atoms with E-state index in [1.807, 2.05) is 6.07 Å². The largest absolute Gasteiger partial charge is 0.392 e. The third-order valence-corrected chi connectivity index (χ3v) is 3.96. The molecule has 1 atom stereocenters. The molecule has 2 rings (SSSR count). The Morgan fingerprint density at radius 2 is 2.17 bits per heavy atom. The predicted molar refractivity (Wildman–Crippen MR) is 95.7 cm³/mol. The Morgan fingerprint density at radius 3 is 2.88 bits per heavy atom. The Morgan fingerprint density at radius 1 is 1.42 bits per heavy atom. The van der Waals surface area contributed by atoms with E-state index in [2.05, 4.69) is 38.7 Å². The first-order chi connectivity index (χ1) is 11.6. The number of nitrogens with one attached hydrogen (secondary N) is 2. The molecule has 0 unspecified atom stereocenters. The average molecular weight is 330 g/mol. The number of fused-ring (bicyclic) bond motifs is 1. The molecule has 130 valence electrons. The van der Waals surface area contributed by atoms with Crippen LogP contribution in [0.3, 0.4) is 0 Å². The van der Waals surface area contributed by atoms with Crippen LogP contribution in [0.2, 0.25) is 0 Å². The summed E-state index contributed by atoms with van der Waals surface area (Å²) in [6.07, 6.45) is 3.48. The summed E-state index contributed by atoms with van der Waals surface area (Å²) in [6, 6.07) is 8.40. The number of carbonyl (C=O) groups excluding carboxylic acids is 1. The van der Waals surface area contributed by atoms with Gasteiger partial charge in [-0.2, -0.15) is 0 Å². The van der Waals surface area contributed by atoms with E-state index in [9.17, 15) is 9.90 Å². The van der Waals surface area contributed by atoms with Gasteiger partial charge in [-0.25, -0.2) is 0 Å². The van der Waals surface area contributed by atoms with Crippen LogP contribution in [0.5, 0.6) is 0 Å². The van der Waals surface area contributed by atoms with Crippen molar-refractivity contribution in [3.05, 3.63) is 47.3 Å². The van der Waals surface area contributed by atoms with Crippen molar-refractivity contribution < 1.29 is 9.90 Å². The highest BCUT2D eigenvalue weighted by Gasteiger charge is 2.19. The van der Waals surface area contributed by atoms with Gasteiger partial charge in [0.2, 0.25) is 0 Å². The van der Waals surface area contributed by atoms with Crippen molar-refractivity contribution in [2.24, 2.45) is 4.99 Å². The van der Waals surface area contributed by atoms with Gasteiger partial charge < -0.3 is 15.7 Å². The highest BCUT2D eigenvalue weighted by Crippen LogP contribution is 2.18. The zero-order valence-electron chi connectivity index (χ0n) is 14.3. The molecule has 1 heterocycles. The number of rotatable bonds is 7. The molecule has 24 heavy (non-hydrogen) atoms. The molecule has 0 radical (unpaired) electrons. The molecular weight excluding hydrogens is 304 g/mol. The van der Waals surface area contributed by atoms with Crippen LogP contribution in [0.25, 0.3) is 0 Å². The summed E-state index contributed by atoms with van der Waals surface area (Å²) in [5.41, 5.74) is 2.99. The molecule has 1 aromatic carbocycles. The van der Waals surface area contributed by atoms with Gasteiger partial charge in [-0.3, -0.25) is 14.7 Å². The van der Waals surface area contributed by atoms with E-state index in [-0.39, 0.29) is 12.5 Å². The van der Waals surface area contributed by atoms with Gasteiger partial charge in [-0.1, -0.05) is 24.3 Å². The molecule has 6 nitrogen and oxygen atoms in total. The maximum Gasteiger partial charge on any atom is 0.271 e. The van der Waals surface area contributed by atoms with Crippen molar-refractivity contribution >= 4 is 12.1 Å². The summed E-state index contributed by atoms with van der Waals surface area (Å²) in [5, 5.41) is 15.7. The lowest BCUT2D eigenvalue weighted by atomic mass is 10.00. The first-order valence-electron chi connectivity index (χ1n) is 8.25. The van der Waals surface area contributed by atoms with E-state index in [1.165, 1.54) is 17.3 Å². The number of carbonyl (C=O) groups is 1. The van der Waals surface area contributed by atoms with Gasteiger partial charge in [-0.15, -0.1) is 0 Å². The normalized spacial score (nSPS) is 16.7. The van der Waals surface area contributed by atoms with Gasteiger partial charge in [0.15, 0.2) is 0 Å². The van der Waals surface area contributed by atoms with Gasteiger partial charge in [0.25, 0.3) is 5.91 Å². The summed E-state index contributed by atoms with van der Waals surface area (Å²) in [5.74, 6) is -0.300. The summed E-state index contributed by atoms with van der Waals surface area (Å²) >= 11 is 0. The van der Waals surface area contributed by atoms with E-state index in [1.54, 1.807) is 20.2 Å². The molecule has 0 saturated carbocycles. The Bertz CT molecular complexity index is 613. The number of hydrogen-bond acceptors (Lipinski definition) is 5. The average Bonchev–Trinajstić information content (AvgIpc) is 2.59. The number of hydrogen-bond donors (Lipinski definition) is 3. The van der Waals surface area contributed by atoms with Crippen LogP contribution in [0.1, 0.15) is 18.1 Å². The van der Waals surface area contributed by atoms with Crippen LogP contribution in [-0.4, -0.2) is 54.9 Å². The zero-order chi connectivity index (χ0) is 17.4. The number of benzene rings is 1. The predicted octanol–water partition coefficient (Wildman–Crippen LogP) is 0.673. The van der Waals surface area contributed by atoms with Crippen molar-refractivity contribution in [2.75, 3.05) is 26.7 Å². The summed E-state index contributed by atoms with van der Waals surface area (Å²) in [4.78, 5) is 18.2. The minimum Gasteiger partial charge on any atom is -0.392 e. The Balaban J connectivity index is 1.80. The molecule has 1 aromatic rings. The highest BCUT2D eigenvalue weighted by atomic mass is 16.3. The zero-order valence-corrected chi connectivity index (χ0v) is 14.3. The molecule has 0 aliphatic carbocycles. The van der Waals surface area contributed by atoms with Crippen molar-refractivity contribution in [2.45, 2.75) is 26.0 Å². The quantitative estimate of drug-likeness (QED) is 0.507. The van der Waals surface area contributed by atoms with Crippen molar-refractivity contribution in [3.8, 4) is 0 Å². The van der Waals surface area contributed by atoms with Gasteiger partial charge in [0, 0.05) is 45.6 Å². The second kappa shape index (κ2) is 9.20. The van der Waals surface area contributed by atoms with Crippen molar-refractivity contribution in [3.63, 3.8) is 0 Å². The third-order valence-electron chi connectivity index (χ3n) is 3.96. The smallest absolute Gasteiger partial charge is 0.271 e.